The highest BCUT2D eigenvalue weighted by molar-refractivity contribution is 5.76. The van der Waals surface area contributed by atoms with Gasteiger partial charge in [0.25, 0.3) is 0 Å². The van der Waals surface area contributed by atoms with Gasteiger partial charge < -0.3 is 9.73 Å². The van der Waals surface area contributed by atoms with Gasteiger partial charge in [-0.15, -0.1) is 0 Å². The Hall–Kier alpha value is -2.29. The van der Waals surface area contributed by atoms with E-state index in [2.05, 4.69) is 17.2 Å². The van der Waals surface area contributed by atoms with E-state index in [-0.39, 0.29) is 0 Å². The van der Waals surface area contributed by atoms with Crippen LogP contribution in [0.1, 0.15) is 6.92 Å². The second kappa shape index (κ2) is 4.53. The zero-order chi connectivity index (χ0) is 12.4. The maximum Gasteiger partial charge on any atom is 0.227 e. The van der Waals surface area contributed by atoms with Crippen molar-refractivity contribution in [1.82, 2.24) is 4.98 Å². The highest BCUT2D eigenvalue weighted by Gasteiger charge is 2.07. The summed E-state index contributed by atoms with van der Waals surface area (Å²) in [6, 6.07) is 15.9. The Morgan fingerprint density at radius 3 is 2.83 bits per heavy atom. The minimum absolute atomic E-state index is 0.663. The van der Waals surface area contributed by atoms with E-state index in [9.17, 15) is 0 Å². The normalized spacial score (nSPS) is 10.7. The van der Waals surface area contributed by atoms with E-state index in [0.29, 0.717) is 5.89 Å². The molecule has 1 aromatic heterocycles. The molecule has 0 bridgehead atoms. The lowest BCUT2D eigenvalue weighted by Gasteiger charge is -2.03. The zero-order valence-electron chi connectivity index (χ0n) is 10.2. The Balaban J connectivity index is 2.05. The van der Waals surface area contributed by atoms with Crippen LogP contribution in [0, 0.1) is 0 Å². The van der Waals surface area contributed by atoms with Crippen molar-refractivity contribution in [2.24, 2.45) is 0 Å². The summed E-state index contributed by atoms with van der Waals surface area (Å²) in [5.74, 6) is 0.663. The number of para-hydroxylation sites is 2. The fraction of sp³-hybridized carbons (Fsp3) is 0.133. The average molecular weight is 238 g/mol. The van der Waals surface area contributed by atoms with Crippen molar-refractivity contribution < 1.29 is 4.42 Å². The highest BCUT2D eigenvalue weighted by Crippen LogP contribution is 2.25. The summed E-state index contributed by atoms with van der Waals surface area (Å²) >= 11 is 0. The average Bonchev–Trinajstić information content (AvgIpc) is 2.83. The number of fused-ring (bicyclic) bond motifs is 1. The van der Waals surface area contributed by atoms with Crippen molar-refractivity contribution >= 4 is 16.8 Å². The Bertz CT molecular complexity index is 640. The Labute approximate surface area is 105 Å². The van der Waals surface area contributed by atoms with Gasteiger partial charge in [-0.3, -0.25) is 0 Å². The van der Waals surface area contributed by atoms with Gasteiger partial charge in [0.1, 0.15) is 5.52 Å². The highest BCUT2D eigenvalue weighted by atomic mass is 16.3. The molecule has 3 heteroatoms. The summed E-state index contributed by atoms with van der Waals surface area (Å²) in [5.41, 5.74) is 3.78. The zero-order valence-corrected chi connectivity index (χ0v) is 10.2. The van der Waals surface area contributed by atoms with Gasteiger partial charge in [-0.1, -0.05) is 18.2 Å². The smallest absolute Gasteiger partial charge is 0.227 e. The molecule has 0 aliphatic carbocycles. The van der Waals surface area contributed by atoms with E-state index in [1.165, 1.54) is 0 Å². The van der Waals surface area contributed by atoms with Gasteiger partial charge in [0.05, 0.1) is 0 Å². The molecule has 1 heterocycles. The lowest BCUT2D eigenvalue weighted by molar-refractivity contribution is 0.620. The number of aromatic nitrogens is 1. The van der Waals surface area contributed by atoms with Crippen molar-refractivity contribution in [1.29, 1.82) is 0 Å². The summed E-state index contributed by atoms with van der Waals surface area (Å²) in [7, 11) is 0. The predicted molar refractivity (Wildman–Crippen MR) is 73.6 cm³/mol. The molecule has 0 radical (unpaired) electrons. The first-order valence-electron chi connectivity index (χ1n) is 6.06. The van der Waals surface area contributed by atoms with Crippen LogP contribution in [-0.2, 0) is 0 Å². The Kier molecular flexibility index (Phi) is 2.73. The van der Waals surface area contributed by atoms with Crippen LogP contribution in [0.2, 0.25) is 0 Å². The van der Waals surface area contributed by atoms with Gasteiger partial charge >= 0.3 is 0 Å². The number of benzene rings is 2. The van der Waals surface area contributed by atoms with E-state index in [1.807, 2.05) is 48.5 Å². The maximum atomic E-state index is 5.75. The minimum Gasteiger partial charge on any atom is -0.436 e. The van der Waals surface area contributed by atoms with Crippen molar-refractivity contribution in [3.63, 3.8) is 0 Å². The molecular formula is C15H14N2O. The Morgan fingerprint density at radius 1 is 1.11 bits per heavy atom. The van der Waals surface area contributed by atoms with Gasteiger partial charge in [0, 0.05) is 17.8 Å². The topological polar surface area (TPSA) is 38.1 Å². The lowest BCUT2D eigenvalue weighted by Crippen LogP contribution is -1.95. The molecule has 18 heavy (non-hydrogen) atoms. The first-order chi connectivity index (χ1) is 8.86. The van der Waals surface area contributed by atoms with E-state index in [1.54, 1.807) is 0 Å². The second-order valence-corrected chi connectivity index (χ2v) is 4.10. The molecule has 90 valence electrons. The van der Waals surface area contributed by atoms with Gasteiger partial charge in [-0.05, 0) is 37.3 Å². The quantitative estimate of drug-likeness (QED) is 0.751. The molecule has 0 unspecified atom stereocenters. The van der Waals surface area contributed by atoms with E-state index in [0.717, 1.165) is 28.9 Å². The molecule has 0 saturated carbocycles. The lowest BCUT2D eigenvalue weighted by atomic mass is 10.2. The first-order valence-corrected chi connectivity index (χ1v) is 6.06. The van der Waals surface area contributed by atoms with Crippen molar-refractivity contribution in [2.45, 2.75) is 6.92 Å². The SMILES string of the molecule is CCNc1cccc(-c2nc3ccccc3o2)c1. The van der Waals surface area contributed by atoms with Gasteiger partial charge in [-0.2, -0.15) is 0 Å². The van der Waals surface area contributed by atoms with Crippen LogP contribution in [0.5, 0.6) is 0 Å². The summed E-state index contributed by atoms with van der Waals surface area (Å²) in [4.78, 5) is 4.49. The summed E-state index contributed by atoms with van der Waals surface area (Å²) in [6.45, 7) is 2.98. The van der Waals surface area contributed by atoms with Gasteiger partial charge in [0.2, 0.25) is 5.89 Å². The first kappa shape index (κ1) is 10.8. The summed E-state index contributed by atoms with van der Waals surface area (Å²) in [6.07, 6.45) is 0. The van der Waals surface area contributed by atoms with Crippen LogP contribution in [0.15, 0.2) is 52.9 Å². The van der Waals surface area contributed by atoms with Crippen molar-refractivity contribution in [3.05, 3.63) is 48.5 Å². The van der Waals surface area contributed by atoms with Crippen molar-refractivity contribution in [3.8, 4) is 11.5 Å². The molecule has 0 spiro atoms. The number of rotatable bonds is 3. The van der Waals surface area contributed by atoms with Crippen molar-refractivity contribution in [2.75, 3.05) is 11.9 Å². The van der Waals surface area contributed by atoms with Crippen LogP contribution >= 0.6 is 0 Å². The molecule has 3 rings (SSSR count). The number of oxazole rings is 1. The van der Waals surface area contributed by atoms with Crippen LogP contribution in [0.4, 0.5) is 5.69 Å². The third-order valence-corrected chi connectivity index (χ3v) is 2.78. The fourth-order valence-corrected chi connectivity index (χ4v) is 1.96. The largest absolute Gasteiger partial charge is 0.436 e. The fourth-order valence-electron chi connectivity index (χ4n) is 1.96. The number of hydrogen-bond acceptors (Lipinski definition) is 3. The molecule has 2 aromatic carbocycles. The molecule has 0 aliphatic rings. The molecule has 1 N–H and O–H groups in total. The van der Waals surface area contributed by atoms with E-state index >= 15 is 0 Å². The minimum atomic E-state index is 0.663. The van der Waals surface area contributed by atoms with E-state index in [4.69, 9.17) is 4.42 Å². The maximum absolute atomic E-state index is 5.75. The summed E-state index contributed by atoms with van der Waals surface area (Å²) in [5, 5.41) is 3.28. The standard InChI is InChI=1S/C15H14N2O/c1-2-16-12-7-5-6-11(10-12)15-17-13-8-3-4-9-14(13)18-15/h3-10,16H,2H2,1H3. The monoisotopic (exact) mass is 238 g/mol. The number of nitrogens with one attached hydrogen (secondary N) is 1. The molecule has 3 aromatic rings. The van der Waals surface area contributed by atoms with E-state index < -0.39 is 0 Å². The molecule has 3 nitrogen and oxygen atoms in total. The third kappa shape index (κ3) is 1.95. The Morgan fingerprint density at radius 2 is 2.00 bits per heavy atom. The molecule has 0 aliphatic heterocycles. The number of hydrogen-bond donors (Lipinski definition) is 1. The molecule has 0 atom stereocenters. The molecular weight excluding hydrogens is 224 g/mol. The molecule has 0 fully saturated rings. The molecule has 0 saturated heterocycles. The number of anilines is 1. The van der Waals surface area contributed by atoms with Crippen LogP contribution < -0.4 is 5.32 Å². The second-order valence-electron chi connectivity index (χ2n) is 4.10. The molecule has 0 amide bonds. The van der Waals surface area contributed by atoms with Crippen LogP contribution in [0.3, 0.4) is 0 Å². The third-order valence-electron chi connectivity index (χ3n) is 2.78. The van der Waals surface area contributed by atoms with Gasteiger partial charge in [-0.25, -0.2) is 4.98 Å². The number of nitrogens with zero attached hydrogens (tertiary/aromatic N) is 1. The summed E-state index contributed by atoms with van der Waals surface area (Å²) < 4.78 is 5.75. The predicted octanol–water partition coefficient (Wildman–Crippen LogP) is 3.93. The van der Waals surface area contributed by atoms with Crippen LogP contribution in [-0.4, -0.2) is 11.5 Å². The van der Waals surface area contributed by atoms with Crippen LogP contribution in [0.25, 0.3) is 22.6 Å². The van der Waals surface area contributed by atoms with Gasteiger partial charge in [0.15, 0.2) is 5.58 Å².